The van der Waals surface area contributed by atoms with Crippen LogP contribution in [-0.2, 0) is 0 Å². The van der Waals surface area contributed by atoms with Gasteiger partial charge in [-0.25, -0.2) is 0 Å². The summed E-state index contributed by atoms with van der Waals surface area (Å²) in [6.07, 6.45) is 0. The third-order valence-corrected chi connectivity index (χ3v) is 31.2. The van der Waals surface area contributed by atoms with Gasteiger partial charge in [0.15, 0.2) is 24.2 Å². The first kappa shape index (κ1) is 52.6. The predicted octanol–water partition coefficient (Wildman–Crippen LogP) is 9.25. The third kappa shape index (κ3) is 9.46. The molecule has 0 aliphatic rings. The van der Waals surface area contributed by atoms with Crippen molar-refractivity contribution in [2.75, 3.05) is 0 Å². The van der Waals surface area contributed by atoms with E-state index in [2.05, 4.69) is 360 Å². The predicted molar refractivity (Wildman–Crippen MR) is 355 cm³/mol. The molecule has 0 amide bonds. The number of rotatable bonds is 16. The third-order valence-electron chi connectivity index (χ3n) is 16.8. The maximum Gasteiger partial charge on any atom is 0.248 e. The second-order valence-corrected chi connectivity index (χ2v) is 32.7. The first-order valence-electron chi connectivity index (χ1n) is 28.7. The summed E-state index contributed by atoms with van der Waals surface area (Å²) in [6, 6.07) is 123. The van der Waals surface area contributed by atoms with E-state index in [9.17, 15) is 0 Å². The first-order chi connectivity index (χ1) is 42.1. The van der Waals surface area contributed by atoms with E-state index in [1.165, 1.54) is 62.2 Å². The van der Waals surface area contributed by atoms with Crippen LogP contribution in [0.3, 0.4) is 0 Å². The van der Waals surface area contributed by atoms with Gasteiger partial charge in [-0.15, -0.1) is 20.4 Å². The summed E-state index contributed by atoms with van der Waals surface area (Å²) in [4.78, 5) is 0. The van der Waals surface area contributed by atoms with Crippen molar-refractivity contribution in [3.8, 4) is 45.8 Å². The van der Waals surface area contributed by atoms with Gasteiger partial charge >= 0.3 is 0 Å². The highest BCUT2D eigenvalue weighted by Crippen LogP contribution is 2.27. The molecule has 12 aromatic carbocycles. The summed E-state index contributed by atoms with van der Waals surface area (Å²) in [6.45, 7) is 0. The molecule has 9 heteroatoms. The van der Waals surface area contributed by atoms with Crippen LogP contribution in [0.15, 0.2) is 349 Å². The van der Waals surface area contributed by atoms with Gasteiger partial charge in [-0.2, -0.15) is 0 Å². The van der Waals surface area contributed by atoms with E-state index in [-0.39, 0.29) is 0 Å². The van der Waals surface area contributed by atoms with E-state index < -0.39 is 24.2 Å². The lowest BCUT2D eigenvalue weighted by Crippen LogP contribution is -2.74. The fraction of sp³-hybridized carbons (Fsp3) is 0. The van der Waals surface area contributed by atoms with E-state index in [4.69, 9.17) is 8.83 Å². The van der Waals surface area contributed by atoms with Crippen LogP contribution in [0.5, 0.6) is 0 Å². The van der Waals surface area contributed by atoms with Crippen LogP contribution in [0.4, 0.5) is 0 Å². The molecule has 2 aromatic heterocycles. The molecule has 0 fully saturated rings. The number of nitrogens with zero attached hydrogens (tertiary/aromatic N) is 4. The lowest BCUT2D eigenvalue weighted by molar-refractivity contribution is 0.584. The second-order valence-electron chi connectivity index (χ2n) is 21.3. The Balaban J connectivity index is 0.776. The van der Waals surface area contributed by atoms with Crippen LogP contribution < -0.4 is 62.2 Å². The SMILES string of the molecule is c1ccc([Si](c2ccccc2)(c2ccccc2)c2ccc(-c3nnc(-c4ccc([Si](c5ccccc5)(c5ccccc5)c5ccc(-c6nnc(-c7ccc([Si](c8ccccc8)(c8ccccc8)c8ccccc8)cc7)o6)cc5)cc4)o3)cc2)cc1. The van der Waals surface area contributed by atoms with Gasteiger partial charge < -0.3 is 8.83 Å². The molecule has 0 radical (unpaired) electrons. The Morgan fingerprint density at radius 3 is 0.424 bits per heavy atom. The van der Waals surface area contributed by atoms with Crippen LogP contribution in [-0.4, -0.2) is 44.6 Å². The molecule has 6 nitrogen and oxygen atoms in total. The lowest BCUT2D eigenvalue weighted by Gasteiger charge is -2.34. The van der Waals surface area contributed by atoms with Crippen LogP contribution in [0.25, 0.3) is 45.8 Å². The van der Waals surface area contributed by atoms with Gasteiger partial charge in [0.1, 0.15) is 0 Å². The molecule has 0 atom stereocenters. The lowest BCUT2D eigenvalue weighted by atomic mass is 10.2. The Morgan fingerprint density at radius 2 is 0.282 bits per heavy atom. The minimum absolute atomic E-state index is 0.458. The van der Waals surface area contributed by atoms with Gasteiger partial charge in [0.2, 0.25) is 23.6 Å². The number of aromatic nitrogens is 4. The fourth-order valence-electron chi connectivity index (χ4n) is 12.9. The highest BCUT2D eigenvalue weighted by Gasteiger charge is 2.44. The molecule has 85 heavy (non-hydrogen) atoms. The molecule has 14 aromatic rings. The Kier molecular flexibility index (Phi) is 14.3. The number of hydrogen-bond acceptors (Lipinski definition) is 6. The average molecular weight is 1140 g/mol. The van der Waals surface area contributed by atoms with Gasteiger partial charge in [0.05, 0.1) is 0 Å². The summed E-state index contributed by atoms with van der Waals surface area (Å²) >= 11 is 0. The Hall–Kier alpha value is -10.4. The van der Waals surface area contributed by atoms with Crippen molar-refractivity contribution >= 4 is 86.5 Å². The van der Waals surface area contributed by atoms with E-state index >= 15 is 0 Å². The molecule has 14 rings (SSSR count). The maximum atomic E-state index is 6.55. The molecule has 0 aliphatic heterocycles. The zero-order chi connectivity index (χ0) is 56.9. The minimum atomic E-state index is -2.96. The Bertz CT molecular complexity index is 3980. The Labute approximate surface area is 498 Å². The minimum Gasteiger partial charge on any atom is -0.416 e. The monoisotopic (exact) mass is 1140 g/mol. The summed E-state index contributed by atoms with van der Waals surface area (Å²) in [5.41, 5.74) is 3.41. The van der Waals surface area contributed by atoms with Crippen LogP contribution in [0, 0.1) is 0 Å². The highest BCUT2D eigenvalue weighted by atomic mass is 28.3. The zero-order valence-electron chi connectivity index (χ0n) is 46.4. The van der Waals surface area contributed by atoms with Gasteiger partial charge in [0, 0.05) is 22.3 Å². The molecule has 0 N–H and O–H groups in total. The zero-order valence-corrected chi connectivity index (χ0v) is 49.4. The van der Waals surface area contributed by atoms with Crippen LogP contribution in [0.1, 0.15) is 0 Å². The topological polar surface area (TPSA) is 77.8 Å². The normalized spacial score (nSPS) is 11.8. The van der Waals surface area contributed by atoms with E-state index in [1.54, 1.807) is 0 Å². The summed E-state index contributed by atoms with van der Waals surface area (Å²) in [5.74, 6) is 1.85. The highest BCUT2D eigenvalue weighted by molar-refractivity contribution is 7.21. The molecule has 0 unspecified atom stereocenters. The molecule has 0 saturated heterocycles. The van der Waals surface area contributed by atoms with Crippen molar-refractivity contribution < 1.29 is 8.83 Å². The van der Waals surface area contributed by atoms with E-state index in [1.807, 2.05) is 0 Å². The second kappa shape index (κ2) is 23.1. The molecule has 0 bridgehead atoms. The standard InChI is InChI=1S/C76H56N4O2Si3/c1-9-25-61(26-10-1)83(62-27-11-2-12-28-62,63-29-13-3-14-30-63)69-49-41-57(42-50-69)73-77-79-75(81-73)59-45-53-71(54-46-59)85(67-37-21-7-22-38-67,68-39-23-8-24-40-68)72-55-47-60(48-56-72)76-80-78-74(82-76)58-43-51-70(52-44-58)84(64-31-15-4-16-32-64,65-33-17-5-18-34-65)66-35-19-6-20-36-66/h1-56H. The maximum absolute atomic E-state index is 6.55. The summed E-state index contributed by atoms with van der Waals surface area (Å²) in [7, 11) is -8.35. The van der Waals surface area contributed by atoms with Crippen molar-refractivity contribution in [2.24, 2.45) is 0 Å². The smallest absolute Gasteiger partial charge is 0.248 e. The molecular weight excluding hydrogens is 1090 g/mol. The summed E-state index contributed by atoms with van der Waals surface area (Å²) in [5, 5.41) is 33.9. The van der Waals surface area contributed by atoms with E-state index in [0.717, 1.165) is 22.3 Å². The van der Waals surface area contributed by atoms with Gasteiger partial charge in [-0.1, -0.05) is 291 Å². The van der Waals surface area contributed by atoms with Crippen molar-refractivity contribution in [3.05, 3.63) is 340 Å². The van der Waals surface area contributed by atoms with Crippen molar-refractivity contribution in [3.63, 3.8) is 0 Å². The molecule has 0 aliphatic carbocycles. The van der Waals surface area contributed by atoms with Gasteiger partial charge in [0.25, 0.3) is 0 Å². The Morgan fingerprint density at radius 1 is 0.153 bits per heavy atom. The van der Waals surface area contributed by atoms with E-state index in [0.29, 0.717) is 23.6 Å². The van der Waals surface area contributed by atoms with Crippen LogP contribution >= 0.6 is 0 Å². The molecular formula is C76H56N4O2Si3. The molecule has 2 heterocycles. The number of benzene rings is 12. The van der Waals surface area contributed by atoms with Crippen LogP contribution in [0.2, 0.25) is 0 Å². The number of hydrogen-bond donors (Lipinski definition) is 0. The molecule has 0 spiro atoms. The quantitative estimate of drug-likeness (QED) is 0.0710. The average Bonchev–Trinajstić information content (AvgIpc) is 2.43. The fourth-order valence-corrected chi connectivity index (χ4v) is 27.1. The molecule has 404 valence electrons. The van der Waals surface area contributed by atoms with Crippen molar-refractivity contribution in [2.45, 2.75) is 0 Å². The van der Waals surface area contributed by atoms with Gasteiger partial charge in [-0.05, 0) is 111 Å². The molecule has 0 saturated carbocycles. The van der Waals surface area contributed by atoms with Crippen molar-refractivity contribution in [1.29, 1.82) is 0 Å². The largest absolute Gasteiger partial charge is 0.416 e. The van der Waals surface area contributed by atoms with Crippen molar-refractivity contribution in [1.82, 2.24) is 20.4 Å². The summed E-state index contributed by atoms with van der Waals surface area (Å²) < 4.78 is 13.1. The van der Waals surface area contributed by atoms with Gasteiger partial charge in [-0.3, -0.25) is 0 Å². The first-order valence-corrected chi connectivity index (χ1v) is 34.7.